The molecule has 0 aliphatic carbocycles. The minimum absolute atomic E-state index is 0.345. The molecule has 2 rings (SSSR count). The molecular formula is C18H21NO3S. The topological polar surface area (TPSA) is 46.6 Å². The van der Waals surface area contributed by atoms with Crippen molar-refractivity contribution in [2.45, 2.75) is 32.9 Å². The van der Waals surface area contributed by atoms with Crippen molar-refractivity contribution in [1.82, 2.24) is 4.90 Å². The number of carbonyl (C=O) groups excluding carboxylic acids is 2. The second kappa shape index (κ2) is 6.96. The number of hydrogen-bond donors (Lipinski definition) is 0. The van der Waals surface area contributed by atoms with Gasteiger partial charge in [-0.3, -0.25) is 4.79 Å². The fourth-order valence-electron chi connectivity index (χ4n) is 2.07. The van der Waals surface area contributed by atoms with Crippen molar-refractivity contribution < 1.29 is 14.3 Å². The normalized spacial score (nSPS) is 11.1. The molecule has 1 aromatic heterocycles. The van der Waals surface area contributed by atoms with E-state index in [2.05, 4.69) is 0 Å². The Kier molecular flexibility index (Phi) is 5.21. The van der Waals surface area contributed by atoms with Crippen molar-refractivity contribution in [1.29, 1.82) is 0 Å². The first kappa shape index (κ1) is 17.2. The van der Waals surface area contributed by atoms with E-state index in [0.717, 1.165) is 22.3 Å². The molecule has 0 radical (unpaired) electrons. The number of aldehydes is 1. The summed E-state index contributed by atoms with van der Waals surface area (Å²) in [5.41, 5.74) is 1.55. The molecule has 0 bridgehead atoms. The van der Waals surface area contributed by atoms with Crippen molar-refractivity contribution in [3.8, 4) is 10.4 Å². The quantitative estimate of drug-likeness (QED) is 0.770. The second-order valence-corrected chi connectivity index (χ2v) is 7.47. The Balaban J connectivity index is 2.10. The van der Waals surface area contributed by atoms with Gasteiger partial charge in [0.2, 0.25) is 0 Å². The lowest BCUT2D eigenvalue weighted by Crippen LogP contribution is -2.33. The molecule has 0 atom stereocenters. The van der Waals surface area contributed by atoms with Crippen LogP contribution in [0.1, 0.15) is 36.0 Å². The van der Waals surface area contributed by atoms with Crippen molar-refractivity contribution >= 4 is 23.7 Å². The SMILES string of the molecule is CN(Cc1cccc(-c2ccc(C=O)s2)c1)C(=O)OC(C)(C)C. The fourth-order valence-corrected chi connectivity index (χ4v) is 2.89. The molecule has 122 valence electrons. The standard InChI is InChI=1S/C18H21NO3S/c1-18(2,3)22-17(21)19(4)11-13-6-5-7-14(10-13)16-9-8-15(12-20)23-16/h5-10,12H,11H2,1-4H3. The highest BCUT2D eigenvalue weighted by molar-refractivity contribution is 7.17. The Morgan fingerprint density at radius 2 is 2.00 bits per heavy atom. The van der Waals surface area contributed by atoms with Crippen molar-refractivity contribution in [3.63, 3.8) is 0 Å². The average molecular weight is 331 g/mol. The molecule has 1 amide bonds. The van der Waals surface area contributed by atoms with Gasteiger partial charge in [-0.05, 0) is 50.1 Å². The van der Waals surface area contributed by atoms with Gasteiger partial charge in [0.15, 0.2) is 6.29 Å². The zero-order valence-electron chi connectivity index (χ0n) is 13.8. The van der Waals surface area contributed by atoms with E-state index in [1.54, 1.807) is 11.9 Å². The maximum absolute atomic E-state index is 12.0. The molecule has 1 aromatic carbocycles. The van der Waals surface area contributed by atoms with E-state index in [4.69, 9.17) is 4.74 Å². The largest absolute Gasteiger partial charge is 0.444 e. The highest BCUT2D eigenvalue weighted by atomic mass is 32.1. The summed E-state index contributed by atoms with van der Waals surface area (Å²) in [5.74, 6) is 0. The van der Waals surface area contributed by atoms with Crippen LogP contribution in [0.5, 0.6) is 0 Å². The van der Waals surface area contributed by atoms with Gasteiger partial charge in [-0.2, -0.15) is 0 Å². The zero-order chi connectivity index (χ0) is 17.0. The molecule has 0 aliphatic heterocycles. The maximum atomic E-state index is 12.0. The van der Waals surface area contributed by atoms with Gasteiger partial charge in [0.1, 0.15) is 5.60 Å². The van der Waals surface area contributed by atoms with Gasteiger partial charge >= 0.3 is 6.09 Å². The monoisotopic (exact) mass is 331 g/mol. The summed E-state index contributed by atoms with van der Waals surface area (Å²) in [5, 5.41) is 0. The molecule has 0 spiro atoms. The minimum atomic E-state index is -0.505. The smallest absolute Gasteiger partial charge is 0.410 e. The van der Waals surface area contributed by atoms with E-state index in [-0.39, 0.29) is 6.09 Å². The molecule has 1 heterocycles. The van der Waals surface area contributed by atoms with Crippen LogP contribution in [0.25, 0.3) is 10.4 Å². The van der Waals surface area contributed by atoms with Crippen LogP contribution < -0.4 is 0 Å². The summed E-state index contributed by atoms with van der Waals surface area (Å²) in [6, 6.07) is 11.7. The fraction of sp³-hybridized carbons (Fsp3) is 0.333. The Bertz CT molecular complexity index is 700. The molecule has 0 N–H and O–H groups in total. The van der Waals surface area contributed by atoms with Crippen LogP contribution in [-0.4, -0.2) is 29.9 Å². The van der Waals surface area contributed by atoms with Gasteiger partial charge < -0.3 is 9.64 Å². The molecule has 0 aliphatic rings. The molecule has 23 heavy (non-hydrogen) atoms. The van der Waals surface area contributed by atoms with Crippen LogP contribution in [-0.2, 0) is 11.3 Å². The number of thiophene rings is 1. The van der Waals surface area contributed by atoms with Crippen LogP contribution in [0.4, 0.5) is 4.79 Å². The van der Waals surface area contributed by atoms with Crippen molar-refractivity contribution in [2.24, 2.45) is 0 Å². The predicted molar refractivity (Wildman–Crippen MR) is 92.8 cm³/mol. The Morgan fingerprint density at radius 1 is 1.26 bits per heavy atom. The van der Waals surface area contributed by atoms with Gasteiger partial charge in [0.05, 0.1) is 4.88 Å². The van der Waals surface area contributed by atoms with E-state index >= 15 is 0 Å². The van der Waals surface area contributed by atoms with Gasteiger partial charge in [-0.25, -0.2) is 4.79 Å². The summed E-state index contributed by atoms with van der Waals surface area (Å²) < 4.78 is 5.35. The van der Waals surface area contributed by atoms with E-state index in [9.17, 15) is 9.59 Å². The first-order valence-electron chi connectivity index (χ1n) is 7.37. The van der Waals surface area contributed by atoms with Crippen LogP contribution in [0.15, 0.2) is 36.4 Å². The zero-order valence-corrected chi connectivity index (χ0v) is 14.6. The van der Waals surface area contributed by atoms with Crippen LogP contribution in [0, 0.1) is 0 Å². The lowest BCUT2D eigenvalue weighted by molar-refractivity contribution is 0.0285. The lowest BCUT2D eigenvalue weighted by Gasteiger charge is -2.24. The van der Waals surface area contributed by atoms with Gasteiger partial charge in [0, 0.05) is 18.5 Å². The Morgan fingerprint density at radius 3 is 2.61 bits per heavy atom. The van der Waals surface area contributed by atoms with Crippen LogP contribution >= 0.6 is 11.3 Å². The number of carbonyl (C=O) groups is 2. The van der Waals surface area contributed by atoms with Crippen molar-refractivity contribution in [2.75, 3.05) is 7.05 Å². The maximum Gasteiger partial charge on any atom is 0.410 e. The van der Waals surface area contributed by atoms with Gasteiger partial charge in [-0.1, -0.05) is 18.2 Å². The predicted octanol–water partition coefficient (Wildman–Crippen LogP) is 4.59. The number of benzene rings is 1. The summed E-state index contributed by atoms with van der Waals surface area (Å²) in [7, 11) is 1.72. The molecular weight excluding hydrogens is 310 g/mol. The number of hydrogen-bond acceptors (Lipinski definition) is 4. The molecule has 5 heteroatoms. The van der Waals surface area contributed by atoms with Gasteiger partial charge in [-0.15, -0.1) is 11.3 Å². The van der Waals surface area contributed by atoms with Crippen molar-refractivity contribution in [3.05, 3.63) is 46.8 Å². The summed E-state index contributed by atoms with van der Waals surface area (Å²) in [6.07, 6.45) is 0.510. The summed E-state index contributed by atoms with van der Waals surface area (Å²) in [4.78, 5) is 26.1. The van der Waals surface area contributed by atoms with Crippen LogP contribution in [0.2, 0.25) is 0 Å². The second-order valence-electron chi connectivity index (χ2n) is 6.36. The van der Waals surface area contributed by atoms with E-state index < -0.39 is 5.60 Å². The average Bonchev–Trinajstić information content (AvgIpc) is 2.94. The third kappa shape index (κ3) is 4.93. The number of nitrogens with zero attached hydrogens (tertiary/aromatic N) is 1. The number of ether oxygens (including phenoxy) is 1. The third-order valence-corrected chi connectivity index (χ3v) is 4.14. The molecule has 2 aromatic rings. The number of amides is 1. The lowest BCUT2D eigenvalue weighted by atomic mass is 10.1. The number of rotatable bonds is 4. The highest BCUT2D eigenvalue weighted by Gasteiger charge is 2.19. The molecule has 4 nitrogen and oxygen atoms in total. The molecule has 0 unspecified atom stereocenters. The molecule has 0 saturated carbocycles. The summed E-state index contributed by atoms with van der Waals surface area (Å²) in [6.45, 7) is 6.01. The Labute approximate surface area is 140 Å². The Hall–Kier alpha value is -2.14. The first-order chi connectivity index (χ1) is 10.8. The van der Waals surface area contributed by atoms with E-state index in [0.29, 0.717) is 11.4 Å². The van der Waals surface area contributed by atoms with Crippen LogP contribution in [0.3, 0.4) is 0 Å². The van der Waals surface area contributed by atoms with Gasteiger partial charge in [0.25, 0.3) is 0 Å². The minimum Gasteiger partial charge on any atom is -0.444 e. The highest BCUT2D eigenvalue weighted by Crippen LogP contribution is 2.28. The first-order valence-corrected chi connectivity index (χ1v) is 8.18. The van der Waals surface area contributed by atoms with E-state index in [1.165, 1.54) is 11.3 Å². The summed E-state index contributed by atoms with van der Waals surface area (Å²) >= 11 is 1.45. The molecule has 0 saturated heterocycles. The third-order valence-electron chi connectivity index (χ3n) is 3.08. The molecule has 0 fully saturated rings. The van der Waals surface area contributed by atoms with E-state index in [1.807, 2.05) is 57.2 Å².